The van der Waals surface area contributed by atoms with Gasteiger partial charge in [0.25, 0.3) is 0 Å². The summed E-state index contributed by atoms with van der Waals surface area (Å²) in [5.74, 6) is 0. The van der Waals surface area contributed by atoms with Crippen LogP contribution in [0.15, 0.2) is 0 Å². The third kappa shape index (κ3) is 7.26. The van der Waals surface area contributed by atoms with Crippen molar-refractivity contribution >= 4 is 0 Å². The first-order valence-electron chi connectivity index (χ1n) is 5.14. The first-order chi connectivity index (χ1) is 6.74. The Morgan fingerprint density at radius 1 is 1.29 bits per heavy atom. The summed E-state index contributed by atoms with van der Waals surface area (Å²) >= 11 is 0. The van der Waals surface area contributed by atoms with Gasteiger partial charge in [0.2, 0.25) is 0 Å². The van der Waals surface area contributed by atoms with E-state index in [9.17, 15) is 0 Å². The van der Waals surface area contributed by atoms with Gasteiger partial charge in [-0.15, -0.1) is 0 Å². The number of hydrogen-bond donors (Lipinski definition) is 1. The van der Waals surface area contributed by atoms with Gasteiger partial charge in [-0.1, -0.05) is 6.92 Å². The van der Waals surface area contributed by atoms with E-state index in [1.165, 1.54) is 0 Å². The topological polar surface area (TPSA) is 33.7 Å². The van der Waals surface area contributed by atoms with E-state index in [1.807, 2.05) is 0 Å². The van der Waals surface area contributed by atoms with Crippen molar-refractivity contribution in [1.29, 1.82) is 0 Å². The molecule has 0 fully saturated rings. The molecule has 0 aliphatic carbocycles. The molecule has 0 saturated carbocycles. The molecule has 0 amide bonds. The van der Waals surface area contributed by atoms with Crippen LogP contribution in [-0.2, 0) is 9.47 Å². The lowest BCUT2D eigenvalue weighted by atomic mass is 10.3. The van der Waals surface area contributed by atoms with Crippen LogP contribution in [0.3, 0.4) is 0 Å². The van der Waals surface area contributed by atoms with Crippen LogP contribution in [-0.4, -0.2) is 65.1 Å². The summed E-state index contributed by atoms with van der Waals surface area (Å²) in [5, 5.41) is 3.38. The predicted octanol–water partition coefficient (Wildman–Crippen LogP) is 0.189. The molecule has 14 heavy (non-hydrogen) atoms. The quantitative estimate of drug-likeness (QED) is 0.581. The molecule has 86 valence electrons. The lowest BCUT2D eigenvalue weighted by Gasteiger charge is -2.23. The van der Waals surface area contributed by atoms with Gasteiger partial charge in [-0.2, -0.15) is 0 Å². The highest BCUT2D eigenvalue weighted by Gasteiger charge is 2.09. The number of nitrogens with zero attached hydrogens (tertiary/aromatic N) is 1. The number of ether oxygens (including phenoxy) is 2. The summed E-state index contributed by atoms with van der Waals surface area (Å²) in [5.41, 5.74) is 0. The minimum Gasteiger partial charge on any atom is -0.383 e. The highest BCUT2D eigenvalue weighted by atomic mass is 16.5. The van der Waals surface area contributed by atoms with Gasteiger partial charge in [-0.05, 0) is 13.6 Å². The van der Waals surface area contributed by atoms with Gasteiger partial charge in [0.05, 0.1) is 13.2 Å². The van der Waals surface area contributed by atoms with E-state index in [-0.39, 0.29) is 0 Å². The van der Waals surface area contributed by atoms with E-state index in [1.54, 1.807) is 14.2 Å². The van der Waals surface area contributed by atoms with Gasteiger partial charge < -0.3 is 19.7 Å². The maximum absolute atomic E-state index is 5.14. The summed E-state index contributed by atoms with van der Waals surface area (Å²) < 4.78 is 10.2. The van der Waals surface area contributed by atoms with Gasteiger partial charge in [-0.3, -0.25) is 0 Å². The SMILES string of the molecule is CCNC(COC)CN(C)CCOC. The lowest BCUT2D eigenvalue weighted by molar-refractivity contribution is 0.126. The third-order valence-electron chi connectivity index (χ3n) is 2.07. The number of likely N-dealkylation sites (N-methyl/N-ethyl adjacent to an activating group) is 2. The second kappa shape index (κ2) is 9.40. The monoisotopic (exact) mass is 204 g/mol. The zero-order chi connectivity index (χ0) is 10.8. The first-order valence-corrected chi connectivity index (χ1v) is 5.14. The Bertz CT molecular complexity index is 117. The van der Waals surface area contributed by atoms with Crippen LogP contribution in [0.5, 0.6) is 0 Å². The van der Waals surface area contributed by atoms with Gasteiger partial charge in [-0.25, -0.2) is 0 Å². The lowest BCUT2D eigenvalue weighted by Crippen LogP contribution is -2.43. The Balaban J connectivity index is 3.64. The molecule has 0 bridgehead atoms. The molecule has 1 N–H and O–H groups in total. The molecule has 1 unspecified atom stereocenters. The Kier molecular flexibility index (Phi) is 9.29. The zero-order valence-corrected chi connectivity index (χ0v) is 9.88. The number of rotatable bonds is 9. The number of hydrogen-bond acceptors (Lipinski definition) is 4. The van der Waals surface area contributed by atoms with Crippen molar-refractivity contribution in [2.24, 2.45) is 0 Å². The van der Waals surface area contributed by atoms with Crippen molar-refractivity contribution in [2.75, 3.05) is 54.1 Å². The average Bonchev–Trinajstić information content (AvgIpc) is 2.15. The molecule has 0 spiro atoms. The molecule has 0 radical (unpaired) electrons. The van der Waals surface area contributed by atoms with Crippen LogP contribution in [0.1, 0.15) is 6.92 Å². The first kappa shape index (κ1) is 13.8. The minimum atomic E-state index is 0.409. The summed E-state index contributed by atoms with van der Waals surface area (Å²) in [4.78, 5) is 2.25. The van der Waals surface area contributed by atoms with Crippen LogP contribution >= 0.6 is 0 Å². The van der Waals surface area contributed by atoms with E-state index in [4.69, 9.17) is 9.47 Å². The van der Waals surface area contributed by atoms with E-state index in [0.29, 0.717) is 6.04 Å². The molecular formula is C10H24N2O2. The second-order valence-electron chi connectivity index (χ2n) is 3.46. The Labute approximate surface area is 87.6 Å². The Morgan fingerprint density at radius 2 is 2.00 bits per heavy atom. The van der Waals surface area contributed by atoms with Crippen LogP contribution in [0.25, 0.3) is 0 Å². The van der Waals surface area contributed by atoms with Crippen molar-refractivity contribution in [1.82, 2.24) is 10.2 Å². The summed E-state index contributed by atoms with van der Waals surface area (Å²) in [6.45, 7) is 6.57. The van der Waals surface area contributed by atoms with Crippen molar-refractivity contribution in [3.8, 4) is 0 Å². The number of methoxy groups -OCH3 is 2. The van der Waals surface area contributed by atoms with Crippen molar-refractivity contribution in [3.63, 3.8) is 0 Å². The largest absolute Gasteiger partial charge is 0.383 e. The molecule has 4 nitrogen and oxygen atoms in total. The minimum absolute atomic E-state index is 0.409. The normalized spacial score (nSPS) is 13.5. The molecule has 0 aromatic rings. The van der Waals surface area contributed by atoms with Gasteiger partial charge in [0.15, 0.2) is 0 Å². The van der Waals surface area contributed by atoms with Crippen molar-refractivity contribution in [2.45, 2.75) is 13.0 Å². The van der Waals surface area contributed by atoms with E-state index >= 15 is 0 Å². The van der Waals surface area contributed by atoms with E-state index in [0.717, 1.165) is 32.8 Å². The molecule has 0 rings (SSSR count). The molecule has 0 saturated heterocycles. The standard InChI is InChI=1S/C10H24N2O2/c1-5-11-10(9-14-4)8-12(2)6-7-13-3/h10-11H,5-9H2,1-4H3. The Hall–Kier alpha value is -0.160. The van der Waals surface area contributed by atoms with E-state index in [2.05, 4.69) is 24.2 Å². The fourth-order valence-electron chi connectivity index (χ4n) is 1.38. The molecular weight excluding hydrogens is 180 g/mol. The van der Waals surface area contributed by atoms with Gasteiger partial charge in [0.1, 0.15) is 0 Å². The summed E-state index contributed by atoms with van der Waals surface area (Å²) in [6.07, 6.45) is 0. The highest BCUT2D eigenvalue weighted by Crippen LogP contribution is 1.90. The molecule has 0 aromatic heterocycles. The van der Waals surface area contributed by atoms with Crippen molar-refractivity contribution < 1.29 is 9.47 Å². The zero-order valence-electron chi connectivity index (χ0n) is 9.88. The summed E-state index contributed by atoms with van der Waals surface area (Å²) in [6, 6.07) is 0.409. The smallest absolute Gasteiger partial charge is 0.0628 e. The van der Waals surface area contributed by atoms with Gasteiger partial charge in [0, 0.05) is 33.4 Å². The molecule has 0 aliphatic heterocycles. The van der Waals surface area contributed by atoms with Gasteiger partial charge >= 0.3 is 0 Å². The average molecular weight is 204 g/mol. The molecule has 0 aromatic carbocycles. The second-order valence-corrected chi connectivity index (χ2v) is 3.46. The highest BCUT2D eigenvalue weighted by molar-refractivity contribution is 4.69. The molecule has 4 heteroatoms. The summed E-state index contributed by atoms with van der Waals surface area (Å²) in [7, 11) is 5.56. The van der Waals surface area contributed by atoms with Crippen molar-refractivity contribution in [3.05, 3.63) is 0 Å². The fourth-order valence-corrected chi connectivity index (χ4v) is 1.38. The molecule has 0 aliphatic rings. The van der Waals surface area contributed by atoms with Crippen LogP contribution in [0, 0.1) is 0 Å². The maximum Gasteiger partial charge on any atom is 0.0628 e. The van der Waals surface area contributed by atoms with E-state index < -0.39 is 0 Å². The van der Waals surface area contributed by atoms with Crippen LogP contribution in [0.4, 0.5) is 0 Å². The third-order valence-corrected chi connectivity index (χ3v) is 2.07. The number of nitrogens with one attached hydrogen (secondary N) is 1. The fraction of sp³-hybridized carbons (Fsp3) is 1.00. The molecule has 1 atom stereocenters. The maximum atomic E-state index is 5.14. The Morgan fingerprint density at radius 3 is 2.50 bits per heavy atom. The van der Waals surface area contributed by atoms with Crippen LogP contribution < -0.4 is 5.32 Å². The predicted molar refractivity (Wildman–Crippen MR) is 58.7 cm³/mol. The molecule has 0 heterocycles. The van der Waals surface area contributed by atoms with Crippen LogP contribution in [0.2, 0.25) is 0 Å².